The van der Waals surface area contributed by atoms with Gasteiger partial charge in [0.15, 0.2) is 0 Å². The van der Waals surface area contributed by atoms with Crippen LogP contribution in [0.4, 0.5) is 0 Å². The lowest BCUT2D eigenvalue weighted by atomic mass is 9.96. The van der Waals surface area contributed by atoms with Crippen LogP contribution in [0, 0.1) is 0 Å². The largest absolute Gasteiger partial charge is 0.411 e. The molecule has 0 bridgehead atoms. The molecule has 3 aromatic carbocycles. The summed E-state index contributed by atoms with van der Waals surface area (Å²) >= 11 is 0. The van der Waals surface area contributed by atoms with E-state index in [0.29, 0.717) is 12.1 Å². The van der Waals surface area contributed by atoms with Gasteiger partial charge in [0.25, 0.3) is 0 Å². The first kappa shape index (κ1) is 14.1. The second-order valence-corrected chi connectivity index (χ2v) is 5.25. The van der Waals surface area contributed by atoms with Gasteiger partial charge in [-0.05, 0) is 28.0 Å². The Labute approximate surface area is 130 Å². The lowest BCUT2D eigenvalue weighted by Gasteiger charge is -2.09. The van der Waals surface area contributed by atoms with E-state index in [-0.39, 0.29) is 0 Å². The molecule has 1 N–H and O–H groups in total. The molecule has 0 radical (unpaired) electrons. The van der Waals surface area contributed by atoms with E-state index < -0.39 is 0 Å². The molecule has 22 heavy (non-hydrogen) atoms. The summed E-state index contributed by atoms with van der Waals surface area (Å²) < 4.78 is 0. The van der Waals surface area contributed by atoms with Gasteiger partial charge in [-0.25, -0.2) is 0 Å². The molecule has 2 heteroatoms. The molecule has 0 aliphatic rings. The quantitative estimate of drug-likeness (QED) is 0.403. The van der Waals surface area contributed by atoms with E-state index in [0.717, 1.165) is 22.1 Å². The van der Waals surface area contributed by atoms with Crippen LogP contribution >= 0.6 is 0 Å². The highest BCUT2D eigenvalue weighted by molar-refractivity contribution is 6.07. The van der Waals surface area contributed by atoms with Gasteiger partial charge in [0.1, 0.15) is 0 Å². The van der Waals surface area contributed by atoms with E-state index >= 15 is 0 Å². The van der Waals surface area contributed by atoms with Crippen LogP contribution < -0.4 is 0 Å². The van der Waals surface area contributed by atoms with Crippen molar-refractivity contribution in [1.82, 2.24) is 0 Å². The topological polar surface area (TPSA) is 32.6 Å². The average molecular weight is 287 g/mol. The zero-order chi connectivity index (χ0) is 15.4. The Bertz CT molecular complexity index is 834. The molecule has 0 saturated heterocycles. The minimum Gasteiger partial charge on any atom is -0.411 e. The van der Waals surface area contributed by atoms with E-state index in [1.807, 2.05) is 60.7 Å². The molecule has 0 saturated carbocycles. The van der Waals surface area contributed by atoms with Gasteiger partial charge in [0.05, 0.1) is 5.71 Å². The Morgan fingerprint density at radius 2 is 1.50 bits per heavy atom. The van der Waals surface area contributed by atoms with Crippen LogP contribution in [-0.4, -0.2) is 10.9 Å². The summed E-state index contributed by atoms with van der Waals surface area (Å²) in [6.45, 7) is 4.11. The average Bonchev–Trinajstić information content (AvgIpc) is 2.59. The summed E-state index contributed by atoms with van der Waals surface area (Å²) in [4.78, 5) is 0. The number of nitrogens with zero attached hydrogens (tertiary/aromatic N) is 1. The smallest absolute Gasteiger partial charge is 0.0911 e. The molecular weight excluding hydrogens is 270 g/mol. The van der Waals surface area contributed by atoms with Crippen molar-refractivity contribution in [2.45, 2.75) is 6.42 Å². The van der Waals surface area contributed by atoms with Crippen LogP contribution in [0.15, 0.2) is 84.5 Å². The highest BCUT2D eigenvalue weighted by Crippen LogP contribution is 2.22. The molecular formula is C20H17NO. The summed E-state index contributed by atoms with van der Waals surface area (Å²) in [5.74, 6) is 0. The fourth-order valence-corrected chi connectivity index (χ4v) is 2.54. The lowest BCUT2D eigenvalue weighted by molar-refractivity contribution is 0.318. The van der Waals surface area contributed by atoms with Crippen LogP contribution in [-0.2, 0) is 0 Å². The first-order valence-corrected chi connectivity index (χ1v) is 7.21. The van der Waals surface area contributed by atoms with Crippen LogP contribution in [0.5, 0.6) is 0 Å². The van der Waals surface area contributed by atoms with Gasteiger partial charge >= 0.3 is 0 Å². The Kier molecular flexibility index (Phi) is 4.01. The van der Waals surface area contributed by atoms with Crippen LogP contribution in [0.1, 0.15) is 17.5 Å². The molecule has 0 unspecified atom stereocenters. The number of rotatable bonds is 4. The van der Waals surface area contributed by atoms with E-state index in [2.05, 4.69) is 23.9 Å². The van der Waals surface area contributed by atoms with Crippen LogP contribution in [0.2, 0.25) is 0 Å². The predicted octanol–water partition coefficient (Wildman–Crippen LogP) is 5.12. The summed E-state index contributed by atoms with van der Waals surface area (Å²) in [6, 6.07) is 24.2. The number of hydrogen-bond donors (Lipinski definition) is 1. The zero-order valence-electron chi connectivity index (χ0n) is 12.2. The summed E-state index contributed by atoms with van der Waals surface area (Å²) in [5, 5.41) is 15.2. The van der Waals surface area contributed by atoms with Gasteiger partial charge in [0, 0.05) is 12.0 Å². The fraction of sp³-hybridized carbons (Fsp3) is 0.0500. The SMILES string of the molecule is C=C(C/C(=N\O)c1ccc2ccccc2c1)c1ccccc1. The maximum atomic E-state index is 9.39. The Hall–Kier alpha value is -2.87. The Morgan fingerprint density at radius 1 is 0.818 bits per heavy atom. The summed E-state index contributed by atoms with van der Waals surface area (Å²) in [5.41, 5.74) is 3.53. The normalized spacial score (nSPS) is 11.5. The highest BCUT2D eigenvalue weighted by Gasteiger charge is 2.09. The van der Waals surface area contributed by atoms with Crippen molar-refractivity contribution in [2.75, 3.05) is 0 Å². The number of fused-ring (bicyclic) bond motifs is 1. The highest BCUT2D eigenvalue weighted by atomic mass is 16.4. The van der Waals surface area contributed by atoms with E-state index in [1.165, 1.54) is 5.39 Å². The maximum Gasteiger partial charge on any atom is 0.0911 e. The molecule has 0 aliphatic carbocycles. The molecule has 0 fully saturated rings. The van der Waals surface area contributed by atoms with Crippen molar-refractivity contribution >= 4 is 22.1 Å². The molecule has 0 amide bonds. The maximum absolute atomic E-state index is 9.39. The summed E-state index contributed by atoms with van der Waals surface area (Å²) in [6.07, 6.45) is 0.513. The second-order valence-electron chi connectivity index (χ2n) is 5.25. The molecule has 0 atom stereocenters. The van der Waals surface area contributed by atoms with Crippen molar-refractivity contribution in [3.05, 3.63) is 90.5 Å². The molecule has 2 nitrogen and oxygen atoms in total. The second kappa shape index (κ2) is 6.27. The summed E-state index contributed by atoms with van der Waals surface area (Å²) in [7, 11) is 0. The minimum absolute atomic E-state index is 0.513. The predicted molar refractivity (Wildman–Crippen MR) is 92.4 cm³/mol. The molecule has 0 heterocycles. The van der Waals surface area contributed by atoms with Gasteiger partial charge in [-0.15, -0.1) is 0 Å². The van der Waals surface area contributed by atoms with Gasteiger partial charge in [-0.1, -0.05) is 78.5 Å². The van der Waals surface area contributed by atoms with Gasteiger partial charge < -0.3 is 5.21 Å². The van der Waals surface area contributed by atoms with Crippen LogP contribution in [0.3, 0.4) is 0 Å². The Morgan fingerprint density at radius 3 is 2.23 bits per heavy atom. The van der Waals surface area contributed by atoms with Crippen LogP contribution in [0.25, 0.3) is 16.3 Å². The van der Waals surface area contributed by atoms with Crippen molar-refractivity contribution in [3.63, 3.8) is 0 Å². The van der Waals surface area contributed by atoms with Gasteiger partial charge in [0.2, 0.25) is 0 Å². The van der Waals surface area contributed by atoms with E-state index in [4.69, 9.17) is 0 Å². The monoisotopic (exact) mass is 287 g/mol. The number of hydrogen-bond acceptors (Lipinski definition) is 2. The lowest BCUT2D eigenvalue weighted by Crippen LogP contribution is -2.02. The van der Waals surface area contributed by atoms with E-state index in [9.17, 15) is 5.21 Å². The number of oxime groups is 1. The molecule has 3 rings (SSSR count). The number of benzene rings is 3. The van der Waals surface area contributed by atoms with Gasteiger partial charge in [-0.2, -0.15) is 0 Å². The molecule has 0 aromatic heterocycles. The standard InChI is InChI=1S/C20H17NO/c1-15(16-7-3-2-4-8-16)13-20(21-22)19-12-11-17-9-5-6-10-18(17)14-19/h2-12,14,22H,1,13H2/b21-20+. The molecule has 0 spiro atoms. The van der Waals surface area contributed by atoms with Gasteiger partial charge in [-0.3, -0.25) is 0 Å². The van der Waals surface area contributed by atoms with E-state index in [1.54, 1.807) is 0 Å². The third-order valence-electron chi connectivity index (χ3n) is 3.77. The third kappa shape index (κ3) is 2.91. The molecule has 108 valence electrons. The third-order valence-corrected chi connectivity index (χ3v) is 3.77. The van der Waals surface area contributed by atoms with Crippen molar-refractivity contribution in [3.8, 4) is 0 Å². The van der Waals surface area contributed by atoms with Crippen molar-refractivity contribution in [2.24, 2.45) is 5.16 Å². The Balaban J connectivity index is 1.89. The molecule has 0 aliphatic heterocycles. The minimum atomic E-state index is 0.513. The first-order valence-electron chi connectivity index (χ1n) is 7.21. The first-order chi connectivity index (χ1) is 10.8. The fourth-order valence-electron chi connectivity index (χ4n) is 2.54. The molecule has 3 aromatic rings. The number of allylic oxidation sites excluding steroid dienone is 1. The van der Waals surface area contributed by atoms with Crippen molar-refractivity contribution < 1.29 is 5.21 Å². The van der Waals surface area contributed by atoms with Crippen molar-refractivity contribution in [1.29, 1.82) is 0 Å². The zero-order valence-corrected chi connectivity index (χ0v) is 12.2.